The topological polar surface area (TPSA) is 24.5 Å². The summed E-state index contributed by atoms with van der Waals surface area (Å²) < 4.78 is 6.21. The Kier molecular flexibility index (Phi) is 5.47. The Morgan fingerprint density at radius 1 is 1.33 bits per heavy atom. The zero-order chi connectivity index (χ0) is 12.8. The maximum absolute atomic E-state index is 5.02. The van der Waals surface area contributed by atoms with E-state index in [9.17, 15) is 0 Å². The van der Waals surface area contributed by atoms with E-state index >= 15 is 0 Å². The zero-order valence-electron chi connectivity index (χ0n) is 10.9. The number of hydrogen-bond acceptors (Lipinski definition) is 3. The predicted molar refractivity (Wildman–Crippen MR) is 79.2 cm³/mol. The summed E-state index contributed by atoms with van der Waals surface area (Å²) in [5, 5.41) is 3.36. The molecule has 1 N–H and O–H groups in total. The Labute approximate surface area is 118 Å². The van der Waals surface area contributed by atoms with Gasteiger partial charge in [0.15, 0.2) is 0 Å². The Bertz CT molecular complexity index is 378. The van der Waals surface area contributed by atoms with Crippen molar-refractivity contribution in [3.63, 3.8) is 0 Å². The Hall–Kier alpha value is -0.580. The molecule has 3 nitrogen and oxygen atoms in total. The molecule has 2 rings (SSSR count). The van der Waals surface area contributed by atoms with Crippen molar-refractivity contribution in [2.75, 3.05) is 38.3 Å². The van der Waals surface area contributed by atoms with Crippen LogP contribution in [0.25, 0.3) is 0 Å². The summed E-state index contributed by atoms with van der Waals surface area (Å²) in [6.45, 7) is 4.90. The van der Waals surface area contributed by atoms with Crippen molar-refractivity contribution in [2.45, 2.75) is 19.4 Å². The maximum atomic E-state index is 5.02. The molecule has 4 heteroatoms. The standard InChI is InChI=1S/C14H21BrN2O/c1-18-9-6-16-11-12-4-5-13(10-14(12)15)17-7-2-3-8-17/h4-5,10,16H,2-3,6-9,11H2,1H3. The lowest BCUT2D eigenvalue weighted by molar-refractivity contribution is 0.199. The van der Waals surface area contributed by atoms with Crippen LogP contribution in [0, 0.1) is 0 Å². The highest BCUT2D eigenvalue weighted by Crippen LogP contribution is 2.26. The van der Waals surface area contributed by atoms with E-state index in [4.69, 9.17) is 4.74 Å². The van der Waals surface area contributed by atoms with Crippen LogP contribution in [0.15, 0.2) is 22.7 Å². The van der Waals surface area contributed by atoms with Gasteiger partial charge >= 0.3 is 0 Å². The van der Waals surface area contributed by atoms with Crippen molar-refractivity contribution in [3.8, 4) is 0 Å². The van der Waals surface area contributed by atoms with Crippen LogP contribution in [0.4, 0.5) is 5.69 Å². The third-order valence-corrected chi connectivity index (χ3v) is 4.04. The lowest BCUT2D eigenvalue weighted by Crippen LogP contribution is -2.20. The van der Waals surface area contributed by atoms with E-state index in [1.165, 1.54) is 41.7 Å². The molecule has 0 radical (unpaired) electrons. The monoisotopic (exact) mass is 312 g/mol. The second-order valence-corrected chi connectivity index (χ2v) is 5.49. The van der Waals surface area contributed by atoms with Gasteiger partial charge in [-0.25, -0.2) is 0 Å². The molecule has 0 aliphatic carbocycles. The SMILES string of the molecule is COCCNCc1ccc(N2CCCC2)cc1Br. The summed E-state index contributed by atoms with van der Waals surface area (Å²) in [5.74, 6) is 0. The number of ether oxygens (including phenoxy) is 1. The third-order valence-electron chi connectivity index (χ3n) is 3.31. The molecule has 1 aliphatic rings. The molecule has 1 aliphatic heterocycles. The molecule has 0 spiro atoms. The normalized spacial score (nSPS) is 15.3. The molecule has 0 atom stereocenters. The largest absolute Gasteiger partial charge is 0.383 e. The second kappa shape index (κ2) is 7.12. The van der Waals surface area contributed by atoms with Gasteiger partial charge in [-0.15, -0.1) is 0 Å². The zero-order valence-corrected chi connectivity index (χ0v) is 12.5. The van der Waals surface area contributed by atoms with Gasteiger partial charge in [-0.3, -0.25) is 0 Å². The van der Waals surface area contributed by atoms with Crippen molar-refractivity contribution in [3.05, 3.63) is 28.2 Å². The van der Waals surface area contributed by atoms with E-state index < -0.39 is 0 Å². The van der Waals surface area contributed by atoms with Crippen molar-refractivity contribution >= 4 is 21.6 Å². The molecule has 1 heterocycles. The van der Waals surface area contributed by atoms with Gasteiger partial charge in [-0.2, -0.15) is 0 Å². The first-order valence-corrected chi connectivity index (χ1v) is 7.33. The number of benzene rings is 1. The fraction of sp³-hybridized carbons (Fsp3) is 0.571. The van der Waals surface area contributed by atoms with Crippen molar-refractivity contribution in [1.82, 2.24) is 5.32 Å². The fourth-order valence-electron chi connectivity index (χ4n) is 2.25. The van der Waals surface area contributed by atoms with Crippen LogP contribution in [-0.4, -0.2) is 33.4 Å². The van der Waals surface area contributed by atoms with E-state index in [0.29, 0.717) is 0 Å². The number of nitrogens with zero attached hydrogens (tertiary/aromatic N) is 1. The van der Waals surface area contributed by atoms with Crippen LogP contribution >= 0.6 is 15.9 Å². The molecule has 0 unspecified atom stereocenters. The van der Waals surface area contributed by atoms with Crippen molar-refractivity contribution in [2.24, 2.45) is 0 Å². The fourth-order valence-corrected chi connectivity index (χ4v) is 2.76. The molecule has 100 valence electrons. The highest BCUT2D eigenvalue weighted by atomic mass is 79.9. The Morgan fingerprint density at radius 3 is 2.78 bits per heavy atom. The van der Waals surface area contributed by atoms with E-state index in [0.717, 1.165) is 19.7 Å². The molecule has 18 heavy (non-hydrogen) atoms. The lowest BCUT2D eigenvalue weighted by atomic mass is 10.2. The minimum absolute atomic E-state index is 0.753. The van der Waals surface area contributed by atoms with Gasteiger partial charge in [-0.1, -0.05) is 22.0 Å². The van der Waals surface area contributed by atoms with Crippen LogP contribution in [0.1, 0.15) is 18.4 Å². The molecule has 0 bridgehead atoms. The van der Waals surface area contributed by atoms with Crippen LogP contribution < -0.4 is 10.2 Å². The number of hydrogen-bond donors (Lipinski definition) is 1. The first-order chi connectivity index (χ1) is 8.81. The highest BCUT2D eigenvalue weighted by molar-refractivity contribution is 9.10. The summed E-state index contributed by atoms with van der Waals surface area (Å²) in [6.07, 6.45) is 2.63. The average Bonchev–Trinajstić information content (AvgIpc) is 2.90. The minimum atomic E-state index is 0.753. The maximum Gasteiger partial charge on any atom is 0.0587 e. The number of halogens is 1. The van der Waals surface area contributed by atoms with E-state index in [1.54, 1.807) is 7.11 Å². The summed E-state index contributed by atoms with van der Waals surface area (Å²) in [5.41, 5.74) is 2.63. The summed E-state index contributed by atoms with van der Waals surface area (Å²) in [4.78, 5) is 2.45. The molecule has 1 saturated heterocycles. The Morgan fingerprint density at radius 2 is 2.11 bits per heavy atom. The summed E-state index contributed by atoms with van der Waals surface area (Å²) >= 11 is 3.67. The van der Waals surface area contributed by atoms with Gasteiger partial charge in [0.25, 0.3) is 0 Å². The molecular weight excluding hydrogens is 292 g/mol. The van der Waals surface area contributed by atoms with E-state index in [-0.39, 0.29) is 0 Å². The second-order valence-electron chi connectivity index (χ2n) is 4.64. The van der Waals surface area contributed by atoms with Crippen molar-refractivity contribution < 1.29 is 4.74 Å². The minimum Gasteiger partial charge on any atom is -0.383 e. The van der Waals surface area contributed by atoms with Crippen LogP contribution in [0.5, 0.6) is 0 Å². The molecule has 1 aromatic carbocycles. The molecular formula is C14H21BrN2O. The summed E-state index contributed by atoms with van der Waals surface area (Å²) in [7, 11) is 1.72. The van der Waals surface area contributed by atoms with E-state index in [1.807, 2.05) is 0 Å². The highest BCUT2D eigenvalue weighted by Gasteiger charge is 2.13. The first kappa shape index (κ1) is 13.8. The van der Waals surface area contributed by atoms with Gasteiger partial charge in [0.2, 0.25) is 0 Å². The van der Waals surface area contributed by atoms with Crippen LogP contribution in [0.2, 0.25) is 0 Å². The van der Waals surface area contributed by atoms with Crippen LogP contribution in [0.3, 0.4) is 0 Å². The van der Waals surface area contributed by atoms with Gasteiger partial charge in [-0.05, 0) is 30.5 Å². The number of rotatable bonds is 6. The molecule has 0 saturated carbocycles. The molecule has 0 amide bonds. The Balaban J connectivity index is 1.92. The third kappa shape index (κ3) is 3.70. The average molecular weight is 313 g/mol. The summed E-state index contributed by atoms with van der Waals surface area (Å²) in [6, 6.07) is 6.67. The van der Waals surface area contributed by atoms with Gasteiger partial charge in [0, 0.05) is 43.4 Å². The van der Waals surface area contributed by atoms with E-state index in [2.05, 4.69) is 44.3 Å². The van der Waals surface area contributed by atoms with Gasteiger partial charge in [0.1, 0.15) is 0 Å². The van der Waals surface area contributed by atoms with Crippen molar-refractivity contribution in [1.29, 1.82) is 0 Å². The molecule has 1 fully saturated rings. The molecule has 1 aromatic rings. The smallest absolute Gasteiger partial charge is 0.0587 e. The molecule has 0 aromatic heterocycles. The first-order valence-electron chi connectivity index (χ1n) is 6.54. The number of nitrogens with one attached hydrogen (secondary N) is 1. The quantitative estimate of drug-likeness (QED) is 0.817. The predicted octanol–water partition coefficient (Wildman–Crippen LogP) is 2.79. The number of methoxy groups -OCH3 is 1. The van der Waals surface area contributed by atoms with Gasteiger partial charge in [0.05, 0.1) is 6.61 Å². The lowest BCUT2D eigenvalue weighted by Gasteiger charge is -2.18. The van der Waals surface area contributed by atoms with Crippen LogP contribution in [-0.2, 0) is 11.3 Å². The number of anilines is 1. The van der Waals surface area contributed by atoms with Gasteiger partial charge < -0.3 is 15.0 Å².